The third-order valence-electron chi connectivity index (χ3n) is 5.23. The van der Waals surface area contributed by atoms with E-state index in [1.807, 2.05) is 40.3 Å². The Bertz CT molecular complexity index is 803. The molecule has 0 aromatic carbocycles. The van der Waals surface area contributed by atoms with Gasteiger partial charge in [-0.15, -0.1) is 0 Å². The molecule has 2 unspecified atom stereocenters. The second-order valence-corrected chi connectivity index (χ2v) is 7.64. The number of hydrogen-bond donors (Lipinski definition) is 1. The number of nitrogens with zero attached hydrogens (tertiary/aromatic N) is 4. The van der Waals surface area contributed by atoms with Gasteiger partial charge in [0.15, 0.2) is 0 Å². The van der Waals surface area contributed by atoms with E-state index in [4.69, 9.17) is 4.98 Å². The predicted molar refractivity (Wildman–Crippen MR) is 125 cm³/mol. The molecule has 1 aromatic heterocycles. The summed E-state index contributed by atoms with van der Waals surface area (Å²) in [5.74, 6) is 2.14. The largest absolute Gasteiger partial charge is 0.374 e. The lowest BCUT2D eigenvalue weighted by Gasteiger charge is -2.36. The molecular weight excluding hydrogens is 358 g/mol. The minimum atomic E-state index is 0.146. The Morgan fingerprint density at radius 2 is 2.03 bits per heavy atom. The van der Waals surface area contributed by atoms with Gasteiger partial charge in [0.25, 0.3) is 0 Å². The van der Waals surface area contributed by atoms with Gasteiger partial charge in [-0.05, 0) is 44.4 Å². The highest BCUT2D eigenvalue weighted by atomic mass is 15.7. The van der Waals surface area contributed by atoms with Crippen LogP contribution in [0.3, 0.4) is 0 Å². The third-order valence-corrected chi connectivity index (χ3v) is 5.23. The summed E-state index contributed by atoms with van der Waals surface area (Å²) in [6, 6.07) is 2.65. The Labute approximate surface area is 177 Å². The number of aromatic nitrogens is 1. The minimum absolute atomic E-state index is 0.146. The summed E-state index contributed by atoms with van der Waals surface area (Å²) < 4.78 is 0. The lowest BCUT2D eigenvalue weighted by molar-refractivity contribution is 0.00999. The molecule has 2 rings (SSSR count). The first-order valence-corrected chi connectivity index (χ1v) is 10.4. The molecule has 1 aliphatic heterocycles. The van der Waals surface area contributed by atoms with Crippen LogP contribution >= 0.6 is 0 Å². The van der Waals surface area contributed by atoms with E-state index < -0.39 is 0 Å². The Balaban J connectivity index is 2.46. The Morgan fingerprint density at radius 1 is 1.31 bits per heavy atom. The molecule has 0 radical (unpaired) electrons. The van der Waals surface area contributed by atoms with Gasteiger partial charge in [0, 0.05) is 40.0 Å². The van der Waals surface area contributed by atoms with E-state index >= 15 is 0 Å². The Hall–Kier alpha value is -2.53. The lowest BCUT2D eigenvalue weighted by Crippen LogP contribution is -2.43. The van der Waals surface area contributed by atoms with E-state index in [0.717, 1.165) is 23.6 Å². The first kappa shape index (κ1) is 22.8. The summed E-state index contributed by atoms with van der Waals surface area (Å²) in [7, 11) is 8.22. The number of pyridine rings is 1. The number of nitrogens with one attached hydrogen (secondary N) is 1. The van der Waals surface area contributed by atoms with Gasteiger partial charge in [0.2, 0.25) is 0 Å². The summed E-state index contributed by atoms with van der Waals surface area (Å²) in [5, 5.41) is 8.04. The molecule has 0 saturated carbocycles. The van der Waals surface area contributed by atoms with Crippen molar-refractivity contribution in [3.05, 3.63) is 65.2 Å². The van der Waals surface area contributed by atoms with Crippen LogP contribution < -0.4 is 10.2 Å². The Kier molecular flexibility index (Phi) is 8.09. The SMILES string of the molecule is C/C=C\C=C/C(C)N1C(NC)=C(C)C(c2cnc(N(C)C)c(/C=C/CC)c2)N1C. The van der Waals surface area contributed by atoms with Gasteiger partial charge in [0.05, 0.1) is 12.1 Å². The molecule has 0 aliphatic carbocycles. The van der Waals surface area contributed by atoms with Crippen molar-refractivity contribution in [1.82, 2.24) is 20.3 Å². The van der Waals surface area contributed by atoms with Crippen molar-refractivity contribution >= 4 is 11.9 Å². The molecule has 158 valence electrons. The molecule has 0 amide bonds. The van der Waals surface area contributed by atoms with Crippen LogP contribution in [-0.4, -0.2) is 49.2 Å². The standard InChI is InChI=1S/C24H37N5/c1-9-11-13-14-18(3)29-23(25-5)19(4)22(28(29)8)21-16-20(15-12-10-2)24(26-17-21)27(6)7/h9,11-18,22,25H,10H2,1-8H3/b11-9-,14-13-,15-12+. The zero-order valence-electron chi connectivity index (χ0n) is 19.3. The fraction of sp³-hybridized carbons (Fsp3) is 0.458. The van der Waals surface area contributed by atoms with Crippen molar-refractivity contribution in [2.24, 2.45) is 0 Å². The summed E-state index contributed by atoms with van der Waals surface area (Å²) in [6.07, 6.45) is 15.8. The summed E-state index contributed by atoms with van der Waals surface area (Å²) in [6.45, 7) is 8.61. The summed E-state index contributed by atoms with van der Waals surface area (Å²) in [5.41, 5.74) is 3.65. The average Bonchev–Trinajstić information content (AvgIpc) is 2.95. The molecule has 2 heterocycles. The highest BCUT2D eigenvalue weighted by molar-refractivity contribution is 5.64. The number of anilines is 1. The van der Waals surface area contributed by atoms with Gasteiger partial charge in [-0.1, -0.05) is 43.4 Å². The maximum atomic E-state index is 4.79. The number of hydrazine groups is 1. The predicted octanol–water partition coefficient (Wildman–Crippen LogP) is 4.75. The van der Waals surface area contributed by atoms with Gasteiger partial charge >= 0.3 is 0 Å². The van der Waals surface area contributed by atoms with E-state index in [9.17, 15) is 0 Å². The van der Waals surface area contributed by atoms with Crippen molar-refractivity contribution in [2.75, 3.05) is 33.1 Å². The van der Waals surface area contributed by atoms with Crippen molar-refractivity contribution in [2.45, 2.75) is 46.2 Å². The highest BCUT2D eigenvalue weighted by Gasteiger charge is 2.37. The second kappa shape index (κ2) is 10.3. The second-order valence-electron chi connectivity index (χ2n) is 7.64. The zero-order chi connectivity index (χ0) is 21.6. The van der Waals surface area contributed by atoms with Crippen molar-refractivity contribution < 1.29 is 0 Å². The smallest absolute Gasteiger partial charge is 0.135 e. The molecule has 5 heteroatoms. The topological polar surface area (TPSA) is 34.6 Å². The van der Waals surface area contributed by atoms with Crippen LogP contribution in [0.2, 0.25) is 0 Å². The minimum Gasteiger partial charge on any atom is -0.374 e. The van der Waals surface area contributed by atoms with Gasteiger partial charge in [0.1, 0.15) is 11.6 Å². The van der Waals surface area contributed by atoms with Gasteiger partial charge in [-0.25, -0.2) is 9.99 Å². The van der Waals surface area contributed by atoms with E-state index in [2.05, 4.69) is 84.5 Å². The molecule has 2 atom stereocenters. The van der Waals surface area contributed by atoms with Crippen LogP contribution in [-0.2, 0) is 0 Å². The van der Waals surface area contributed by atoms with Crippen molar-refractivity contribution in [3.63, 3.8) is 0 Å². The maximum absolute atomic E-state index is 4.79. The normalized spacial score (nSPS) is 19.3. The molecule has 1 N–H and O–H groups in total. The Morgan fingerprint density at radius 3 is 2.62 bits per heavy atom. The van der Waals surface area contributed by atoms with Crippen LogP contribution in [0.5, 0.6) is 0 Å². The number of allylic oxidation sites excluding steroid dienone is 4. The maximum Gasteiger partial charge on any atom is 0.135 e. The number of likely N-dealkylation sites (N-methyl/N-ethyl adjacent to an activating group) is 1. The molecule has 29 heavy (non-hydrogen) atoms. The fourth-order valence-electron chi connectivity index (χ4n) is 3.94. The van der Waals surface area contributed by atoms with Gasteiger partial charge in [-0.2, -0.15) is 0 Å². The van der Waals surface area contributed by atoms with E-state index in [0.29, 0.717) is 0 Å². The monoisotopic (exact) mass is 395 g/mol. The van der Waals surface area contributed by atoms with E-state index in [1.54, 1.807) is 0 Å². The molecule has 0 fully saturated rings. The molecule has 1 aliphatic rings. The van der Waals surface area contributed by atoms with Crippen LogP contribution in [0, 0.1) is 0 Å². The molecule has 5 nitrogen and oxygen atoms in total. The molecular formula is C24H37N5. The lowest BCUT2D eigenvalue weighted by atomic mass is 10.00. The number of hydrogen-bond acceptors (Lipinski definition) is 5. The highest BCUT2D eigenvalue weighted by Crippen LogP contribution is 2.39. The van der Waals surface area contributed by atoms with E-state index in [-0.39, 0.29) is 12.1 Å². The molecule has 1 aromatic rings. The van der Waals surface area contributed by atoms with Crippen LogP contribution in [0.15, 0.2) is 54.0 Å². The third kappa shape index (κ3) is 4.91. The average molecular weight is 396 g/mol. The van der Waals surface area contributed by atoms with Gasteiger partial charge < -0.3 is 10.2 Å². The zero-order valence-corrected chi connectivity index (χ0v) is 19.3. The fourth-order valence-corrected chi connectivity index (χ4v) is 3.94. The quantitative estimate of drug-likeness (QED) is 0.643. The van der Waals surface area contributed by atoms with Crippen LogP contribution in [0.1, 0.15) is 51.3 Å². The number of rotatable bonds is 8. The molecule has 0 bridgehead atoms. The van der Waals surface area contributed by atoms with Crippen LogP contribution in [0.25, 0.3) is 6.08 Å². The van der Waals surface area contributed by atoms with Crippen LogP contribution in [0.4, 0.5) is 5.82 Å². The first-order valence-electron chi connectivity index (χ1n) is 10.4. The van der Waals surface area contributed by atoms with Crippen molar-refractivity contribution in [1.29, 1.82) is 0 Å². The van der Waals surface area contributed by atoms with Crippen molar-refractivity contribution in [3.8, 4) is 0 Å². The van der Waals surface area contributed by atoms with Gasteiger partial charge in [-0.3, -0.25) is 5.01 Å². The molecule has 0 saturated heterocycles. The summed E-state index contributed by atoms with van der Waals surface area (Å²) >= 11 is 0. The first-order chi connectivity index (χ1) is 13.9. The molecule has 0 spiro atoms. The summed E-state index contributed by atoms with van der Waals surface area (Å²) in [4.78, 5) is 6.86. The van der Waals surface area contributed by atoms with E-state index in [1.165, 1.54) is 11.1 Å².